The number of rotatable bonds is 7. The zero-order valence-electron chi connectivity index (χ0n) is 9.62. The number of carbonyl (C=O) groups excluding carboxylic acids is 1. The van der Waals surface area contributed by atoms with E-state index in [0.717, 1.165) is 25.7 Å². The van der Waals surface area contributed by atoms with E-state index in [1.807, 2.05) is 6.92 Å². The lowest BCUT2D eigenvalue weighted by molar-refractivity contribution is -0.141. The first kappa shape index (κ1) is 13.0. The highest BCUT2D eigenvalue weighted by Gasteiger charge is 2.40. The van der Waals surface area contributed by atoms with Crippen molar-refractivity contribution < 1.29 is 19.4 Å². The van der Waals surface area contributed by atoms with Gasteiger partial charge in [-0.25, -0.2) is 0 Å². The van der Waals surface area contributed by atoms with Crippen molar-refractivity contribution in [3.8, 4) is 0 Å². The molecule has 0 aliphatic heterocycles. The van der Waals surface area contributed by atoms with E-state index in [9.17, 15) is 9.59 Å². The minimum Gasteiger partial charge on any atom is -0.481 e. The molecule has 0 aromatic rings. The molecule has 1 rings (SSSR count). The van der Waals surface area contributed by atoms with Crippen molar-refractivity contribution in [2.75, 3.05) is 13.2 Å². The molecule has 0 radical (unpaired) electrons. The van der Waals surface area contributed by atoms with Crippen LogP contribution in [0.4, 0.5) is 0 Å². The second-order valence-corrected chi connectivity index (χ2v) is 4.31. The fraction of sp³-hybridized carbons (Fsp3) is 0.818. The van der Waals surface area contributed by atoms with E-state index in [0.29, 0.717) is 6.61 Å². The molecule has 0 atom stereocenters. The molecule has 0 aromatic heterocycles. The Hall–Kier alpha value is -1.10. The minimum atomic E-state index is -0.866. The summed E-state index contributed by atoms with van der Waals surface area (Å²) in [6.45, 7) is 2.55. The molecule has 0 heterocycles. The molecule has 0 saturated heterocycles. The van der Waals surface area contributed by atoms with Crippen LogP contribution in [0.3, 0.4) is 0 Å². The maximum absolute atomic E-state index is 11.5. The first-order chi connectivity index (χ1) is 7.58. The van der Waals surface area contributed by atoms with Crippen LogP contribution in [-0.2, 0) is 14.3 Å². The highest BCUT2D eigenvalue weighted by atomic mass is 16.5. The smallest absolute Gasteiger partial charge is 0.305 e. The van der Waals surface area contributed by atoms with Crippen molar-refractivity contribution in [1.82, 2.24) is 5.32 Å². The molecule has 92 valence electrons. The average Bonchev–Trinajstić information content (AvgIpc) is 2.14. The molecule has 16 heavy (non-hydrogen) atoms. The molecule has 1 saturated carbocycles. The van der Waals surface area contributed by atoms with Crippen LogP contribution in [0.5, 0.6) is 0 Å². The number of carboxylic acids is 1. The van der Waals surface area contributed by atoms with Crippen molar-refractivity contribution in [2.45, 2.75) is 44.6 Å². The quantitative estimate of drug-likeness (QED) is 0.637. The molecule has 1 fully saturated rings. The Morgan fingerprint density at radius 2 is 2.12 bits per heavy atom. The molecular formula is C11H19NO4. The first-order valence-electron chi connectivity index (χ1n) is 5.68. The first-order valence-corrected chi connectivity index (χ1v) is 5.68. The molecule has 1 aliphatic rings. The summed E-state index contributed by atoms with van der Waals surface area (Å²) in [6, 6.07) is 0. The Morgan fingerprint density at radius 3 is 2.56 bits per heavy atom. The number of carbonyl (C=O) groups is 2. The van der Waals surface area contributed by atoms with Crippen LogP contribution in [0.15, 0.2) is 0 Å². The number of carboxylic acid groups (broad SMARTS) is 1. The van der Waals surface area contributed by atoms with Gasteiger partial charge in [0, 0.05) is 6.61 Å². The molecule has 0 spiro atoms. The lowest BCUT2D eigenvalue weighted by atomic mass is 9.74. The van der Waals surface area contributed by atoms with E-state index < -0.39 is 11.5 Å². The van der Waals surface area contributed by atoms with Crippen LogP contribution in [0, 0.1) is 0 Å². The summed E-state index contributed by atoms with van der Waals surface area (Å²) in [5, 5.41) is 11.5. The Kier molecular flexibility index (Phi) is 4.73. The molecule has 0 aromatic carbocycles. The summed E-state index contributed by atoms with van der Waals surface area (Å²) in [4.78, 5) is 22.1. The van der Waals surface area contributed by atoms with Crippen molar-refractivity contribution in [1.29, 1.82) is 0 Å². The third-order valence-corrected chi connectivity index (χ3v) is 2.79. The highest BCUT2D eigenvalue weighted by molar-refractivity contribution is 5.79. The zero-order valence-corrected chi connectivity index (χ0v) is 9.62. The van der Waals surface area contributed by atoms with Gasteiger partial charge in [0.15, 0.2) is 0 Å². The monoisotopic (exact) mass is 229 g/mol. The van der Waals surface area contributed by atoms with Gasteiger partial charge in [0.1, 0.15) is 6.61 Å². The Morgan fingerprint density at radius 1 is 1.44 bits per heavy atom. The highest BCUT2D eigenvalue weighted by Crippen LogP contribution is 2.34. The maximum atomic E-state index is 11.5. The summed E-state index contributed by atoms with van der Waals surface area (Å²) in [6.07, 6.45) is 3.35. The third-order valence-electron chi connectivity index (χ3n) is 2.79. The van der Waals surface area contributed by atoms with Gasteiger partial charge >= 0.3 is 5.97 Å². The number of hydrogen-bond acceptors (Lipinski definition) is 3. The van der Waals surface area contributed by atoms with E-state index in [-0.39, 0.29) is 18.9 Å². The standard InChI is InChI=1S/C11H19NO4/c1-2-6-16-8-9(13)12-11(4-3-5-11)7-10(14)15/h2-8H2,1H3,(H,12,13)(H,14,15). The molecule has 0 bridgehead atoms. The van der Waals surface area contributed by atoms with Crippen LogP contribution < -0.4 is 5.32 Å². The van der Waals surface area contributed by atoms with Crippen LogP contribution in [0.1, 0.15) is 39.0 Å². The summed E-state index contributed by atoms with van der Waals surface area (Å²) < 4.78 is 5.10. The van der Waals surface area contributed by atoms with Crippen molar-refractivity contribution >= 4 is 11.9 Å². The van der Waals surface area contributed by atoms with Gasteiger partial charge in [-0.3, -0.25) is 9.59 Å². The predicted molar refractivity (Wildman–Crippen MR) is 58.1 cm³/mol. The normalized spacial score (nSPS) is 17.6. The number of nitrogens with one attached hydrogen (secondary N) is 1. The van der Waals surface area contributed by atoms with Gasteiger partial charge in [0.2, 0.25) is 5.91 Å². The molecule has 5 nitrogen and oxygen atoms in total. The third kappa shape index (κ3) is 3.81. The molecule has 0 unspecified atom stereocenters. The SMILES string of the molecule is CCCOCC(=O)NC1(CC(=O)O)CCC1. The number of amides is 1. The van der Waals surface area contributed by atoms with Gasteiger partial charge < -0.3 is 15.2 Å². The molecule has 1 aliphatic carbocycles. The van der Waals surface area contributed by atoms with Crippen molar-refractivity contribution in [3.05, 3.63) is 0 Å². The lowest BCUT2D eigenvalue weighted by Crippen LogP contribution is -2.55. The lowest BCUT2D eigenvalue weighted by Gasteiger charge is -2.41. The van der Waals surface area contributed by atoms with E-state index in [4.69, 9.17) is 9.84 Å². The number of ether oxygens (including phenoxy) is 1. The van der Waals surface area contributed by atoms with Crippen LogP contribution in [0.2, 0.25) is 0 Å². The number of aliphatic carboxylic acids is 1. The fourth-order valence-corrected chi connectivity index (χ4v) is 1.88. The Bertz CT molecular complexity index is 261. The molecule has 5 heteroatoms. The summed E-state index contributed by atoms with van der Waals surface area (Å²) in [5.41, 5.74) is -0.515. The van der Waals surface area contributed by atoms with Gasteiger partial charge in [-0.05, 0) is 25.7 Å². The maximum Gasteiger partial charge on any atom is 0.305 e. The van der Waals surface area contributed by atoms with Gasteiger partial charge in [0.05, 0.1) is 12.0 Å². The van der Waals surface area contributed by atoms with Gasteiger partial charge in [-0.15, -0.1) is 0 Å². The summed E-state index contributed by atoms with van der Waals surface area (Å²) in [5.74, 6) is -1.08. The second kappa shape index (κ2) is 5.84. The number of hydrogen-bond donors (Lipinski definition) is 2. The Labute approximate surface area is 95.2 Å². The van der Waals surface area contributed by atoms with E-state index in [1.165, 1.54) is 0 Å². The molecule has 2 N–H and O–H groups in total. The van der Waals surface area contributed by atoms with E-state index >= 15 is 0 Å². The van der Waals surface area contributed by atoms with Gasteiger partial charge in [0.25, 0.3) is 0 Å². The largest absolute Gasteiger partial charge is 0.481 e. The van der Waals surface area contributed by atoms with Gasteiger partial charge in [-0.1, -0.05) is 6.92 Å². The van der Waals surface area contributed by atoms with Crippen LogP contribution in [0.25, 0.3) is 0 Å². The molecule has 1 amide bonds. The zero-order chi connectivity index (χ0) is 12.0. The summed E-state index contributed by atoms with van der Waals surface area (Å²) >= 11 is 0. The summed E-state index contributed by atoms with van der Waals surface area (Å²) in [7, 11) is 0. The average molecular weight is 229 g/mol. The fourth-order valence-electron chi connectivity index (χ4n) is 1.88. The predicted octanol–water partition coefficient (Wildman–Crippen LogP) is 0.927. The molecular weight excluding hydrogens is 210 g/mol. The van der Waals surface area contributed by atoms with Crippen LogP contribution in [-0.4, -0.2) is 35.7 Å². The topological polar surface area (TPSA) is 75.6 Å². The minimum absolute atomic E-state index is 0.00647. The Balaban J connectivity index is 2.32. The second-order valence-electron chi connectivity index (χ2n) is 4.31. The van der Waals surface area contributed by atoms with Crippen molar-refractivity contribution in [3.63, 3.8) is 0 Å². The van der Waals surface area contributed by atoms with Gasteiger partial charge in [-0.2, -0.15) is 0 Å². The van der Waals surface area contributed by atoms with E-state index in [1.54, 1.807) is 0 Å². The van der Waals surface area contributed by atoms with Crippen molar-refractivity contribution in [2.24, 2.45) is 0 Å². The van der Waals surface area contributed by atoms with E-state index in [2.05, 4.69) is 5.32 Å². The van der Waals surface area contributed by atoms with Crippen LogP contribution >= 0.6 is 0 Å².